The minimum absolute atomic E-state index is 0.128. The second-order valence-electron chi connectivity index (χ2n) is 5.45. The molecule has 1 fully saturated rings. The Bertz CT molecular complexity index is 551. The second kappa shape index (κ2) is 5.89. The largest absolute Gasteiger partial charge is 0.393 e. The summed E-state index contributed by atoms with van der Waals surface area (Å²) < 4.78 is 0. The maximum Gasteiger partial charge on any atom is 0.205 e. The van der Waals surface area contributed by atoms with Gasteiger partial charge in [-0.25, -0.2) is 0 Å². The summed E-state index contributed by atoms with van der Waals surface area (Å²) >= 11 is 1.58. The van der Waals surface area contributed by atoms with Gasteiger partial charge in [0.25, 0.3) is 0 Å². The predicted octanol–water partition coefficient (Wildman–Crippen LogP) is 2.64. The molecule has 1 aromatic heterocycles. The highest BCUT2D eigenvalue weighted by molar-refractivity contribution is 7.15. The van der Waals surface area contributed by atoms with Crippen LogP contribution in [0.2, 0.25) is 0 Å². The van der Waals surface area contributed by atoms with Gasteiger partial charge >= 0.3 is 0 Å². The molecular weight excluding hydrogens is 270 g/mol. The standard InChI is InChI=1S/C15H19N3OS/c1-10-17-18-15(20-10)16-14(12-8-13(19)9-12)7-11-5-3-2-4-6-11/h2-6,12-14,19H,7-9H2,1H3,(H,16,18)/t12?,13?,14-/m1/s1. The van der Waals surface area contributed by atoms with Crippen LogP contribution in [0.25, 0.3) is 0 Å². The SMILES string of the molecule is Cc1nnc(N[C@H](Cc2ccccc2)C2CC(O)C2)s1. The quantitative estimate of drug-likeness (QED) is 0.888. The molecule has 0 radical (unpaired) electrons. The molecule has 0 spiro atoms. The van der Waals surface area contributed by atoms with Gasteiger partial charge < -0.3 is 10.4 Å². The molecule has 106 valence electrons. The Balaban J connectivity index is 1.70. The number of nitrogens with one attached hydrogen (secondary N) is 1. The topological polar surface area (TPSA) is 58.0 Å². The normalized spacial score (nSPS) is 23.1. The molecule has 1 atom stereocenters. The van der Waals surface area contributed by atoms with E-state index in [0.29, 0.717) is 12.0 Å². The van der Waals surface area contributed by atoms with Gasteiger partial charge in [0.05, 0.1) is 6.10 Å². The van der Waals surface area contributed by atoms with Gasteiger partial charge in [-0.1, -0.05) is 41.7 Å². The van der Waals surface area contributed by atoms with Crippen molar-refractivity contribution in [2.45, 2.75) is 38.3 Å². The summed E-state index contributed by atoms with van der Waals surface area (Å²) in [5.74, 6) is 0.509. The van der Waals surface area contributed by atoms with E-state index in [2.05, 4.69) is 39.8 Å². The molecular formula is C15H19N3OS. The molecule has 0 aliphatic heterocycles. The van der Waals surface area contributed by atoms with E-state index in [9.17, 15) is 5.11 Å². The smallest absolute Gasteiger partial charge is 0.205 e. The maximum absolute atomic E-state index is 9.55. The van der Waals surface area contributed by atoms with E-state index in [4.69, 9.17) is 0 Å². The number of hydrogen-bond acceptors (Lipinski definition) is 5. The van der Waals surface area contributed by atoms with Gasteiger partial charge in [-0.05, 0) is 37.7 Å². The Hall–Kier alpha value is -1.46. The molecule has 0 bridgehead atoms. The molecule has 0 amide bonds. The van der Waals surface area contributed by atoms with Crippen LogP contribution in [-0.2, 0) is 6.42 Å². The fourth-order valence-electron chi connectivity index (χ4n) is 2.68. The van der Waals surface area contributed by atoms with Crippen molar-refractivity contribution in [1.82, 2.24) is 10.2 Å². The third kappa shape index (κ3) is 3.16. The second-order valence-corrected chi connectivity index (χ2v) is 6.63. The molecule has 3 rings (SSSR count). The number of benzene rings is 1. The van der Waals surface area contributed by atoms with E-state index in [-0.39, 0.29) is 6.10 Å². The number of anilines is 1. The molecule has 2 N–H and O–H groups in total. The van der Waals surface area contributed by atoms with Crippen molar-refractivity contribution in [3.63, 3.8) is 0 Å². The molecule has 2 aromatic rings. The Morgan fingerprint density at radius 2 is 2.05 bits per heavy atom. The number of aliphatic hydroxyl groups excluding tert-OH is 1. The van der Waals surface area contributed by atoms with Crippen LogP contribution < -0.4 is 5.32 Å². The van der Waals surface area contributed by atoms with Gasteiger partial charge in [-0.15, -0.1) is 10.2 Å². The van der Waals surface area contributed by atoms with E-state index in [1.807, 2.05) is 13.0 Å². The Morgan fingerprint density at radius 3 is 2.65 bits per heavy atom. The molecule has 1 aromatic carbocycles. The first-order chi connectivity index (χ1) is 9.70. The number of rotatable bonds is 5. The first-order valence-corrected chi connectivity index (χ1v) is 7.81. The first-order valence-electron chi connectivity index (χ1n) is 6.99. The minimum Gasteiger partial charge on any atom is -0.393 e. The van der Waals surface area contributed by atoms with Gasteiger partial charge in [0.15, 0.2) is 0 Å². The summed E-state index contributed by atoms with van der Waals surface area (Å²) in [5.41, 5.74) is 1.31. The fourth-order valence-corrected chi connectivity index (χ4v) is 3.33. The highest BCUT2D eigenvalue weighted by atomic mass is 32.1. The lowest BCUT2D eigenvalue weighted by Crippen LogP contribution is -2.42. The molecule has 5 heteroatoms. The predicted molar refractivity (Wildman–Crippen MR) is 80.9 cm³/mol. The van der Waals surface area contributed by atoms with Crippen LogP contribution >= 0.6 is 11.3 Å². The molecule has 0 unspecified atom stereocenters. The third-order valence-electron chi connectivity index (χ3n) is 3.85. The van der Waals surface area contributed by atoms with Crippen LogP contribution in [0.5, 0.6) is 0 Å². The summed E-state index contributed by atoms with van der Waals surface area (Å²) in [5, 5.41) is 23.1. The van der Waals surface area contributed by atoms with Crippen LogP contribution in [0.1, 0.15) is 23.4 Å². The van der Waals surface area contributed by atoms with E-state index in [1.54, 1.807) is 11.3 Å². The number of aliphatic hydroxyl groups is 1. The highest BCUT2D eigenvalue weighted by Gasteiger charge is 2.34. The van der Waals surface area contributed by atoms with Crippen molar-refractivity contribution in [3.05, 3.63) is 40.9 Å². The van der Waals surface area contributed by atoms with Gasteiger partial charge in [0, 0.05) is 6.04 Å². The van der Waals surface area contributed by atoms with E-state index < -0.39 is 0 Å². The highest BCUT2D eigenvalue weighted by Crippen LogP contribution is 2.33. The van der Waals surface area contributed by atoms with Crippen molar-refractivity contribution in [2.75, 3.05) is 5.32 Å². The average molecular weight is 289 g/mol. The first kappa shape index (κ1) is 13.5. The lowest BCUT2D eigenvalue weighted by molar-refractivity contribution is 0.0342. The zero-order valence-corrected chi connectivity index (χ0v) is 12.3. The molecule has 4 nitrogen and oxygen atoms in total. The van der Waals surface area contributed by atoms with Gasteiger partial charge in [-0.3, -0.25) is 0 Å². The Kier molecular flexibility index (Phi) is 3.98. The van der Waals surface area contributed by atoms with Crippen LogP contribution in [-0.4, -0.2) is 27.4 Å². The van der Waals surface area contributed by atoms with E-state index >= 15 is 0 Å². The molecule has 1 aliphatic rings. The molecule has 20 heavy (non-hydrogen) atoms. The van der Waals surface area contributed by atoms with Crippen LogP contribution in [0, 0.1) is 12.8 Å². The summed E-state index contributed by atoms with van der Waals surface area (Å²) in [6.07, 6.45) is 2.58. The maximum atomic E-state index is 9.55. The summed E-state index contributed by atoms with van der Waals surface area (Å²) in [6, 6.07) is 10.8. The van der Waals surface area contributed by atoms with Crippen molar-refractivity contribution in [3.8, 4) is 0 Å². The summed E-state index contributed by atoms with van der Waals surface area (Å²) in [4.78, 5) is 0. The molecule has 1 saturated carbocycles. The van der Waals surface area contributed by atoms with Crippen LogP contribution in [0.4, 0.5) is 5.13 Å². The zero-order valence-electron chi connectivity index (χ0n) is 11.5. The van der Waals surface area contributed by atoms with Crippen molar-refractivity contribution in [1.29, 1.82) is 0 Å². The number of nitrogens with zero attached hydrogens (tertiary/aromatic N) is 2. The number of aryl methyl sites for hydroxylation is 1. The summed E-state index contributed by atoms with van der Waals surface area (Å²) in [7, 11) is 0. The lowest BCUT2D eigenvalue weighted by Gasteiger charge is -2.38. The third-order valence-corrected chi connectivity index (χ3v) is 4.62. The van der Waals surface area contributed by atoms with Gasteiger partial charge in [0.1, 0.15) is 5.01 Å². The minimum atomic E-state index is -0.128. The monoisotopic (exact) mass is 289 g/mol. The lowest BCUT2D eigenvalue weighted by atomic mass is 9.75. The molecule has 0 saturated heterocycles. The van der Waals surface area contributed by atoms with Crippen molar-refractivity contribution in [2.24, 2.45) is 5.92 Å². The fraction of sp³-hybridized carbons (Fsp3) is 0.467. The number of hydrogen-bond donors (Lipinski definition) is 2. The van der Waals surface area contributed by atoms with E-state index in [0.717, 1.165) is 29.4 Å². The van der Waals surface area contributed by atoms with Crippen LogP contribution in [0.15, 0.2) is 30.3 Å². The Morgan fingerprint density at radius 1 is 1.30 bits per heavy atom. The van der Waals surface area contributed by atoms with Gasteiger partial charge in [-0.2, -0.15) is 0 Å². The van der Waals surface area contributed by atoms with Crippen molar-refractivity contribution < 1.29 is 5.11 Å². The van der Waals surface area contributed by atoms with Gasteiger partial charge in [0.2, 0.25) is 5.13 Å². The van der Waals surface area contributed by atoms with E-state index in [1.165, 1.54) is 5.56 Å². The number of aromatic nitrogens is 2. The van der Waals surface area contributed by atoms with Crippen LogP contribution in [0.3, 0.4) is 0 Å². The van der Waals surface area contributed by atoms with Crippen molar-refractivity contribution >= 4 is 16.5 Å². The summed E-state index contributed by atoms with van der Waals surface area (Å²) in [6.45, 7) is 1.96. The zero-order chi connectivity index (χ0) is 13.9. The molecule has 1 heterocycles. The average Bonchev–Trinajstić information content (AvgIpc) is 2.81. The molecule has 1 aliphatic carbocycles. The Labute approximate surface area is 122 Å².